The van der Waals surface area contributed by atoms with Gasteiger partial charge >= 0.3 is 0 Å². The van der Waals surface area contributed by atoms with E-state index in [1.54, 1.807) is 0 Å². The summed E-state index contributed by atoms with van der Waals surface area (Å²) in [5.74, 6) is -0.322. The van der Waals surface area contributed by atoms with Crippen molar-refractivity contribution in [1.29, 1.82) is 0 Å². The molecule has 0 aliphatic carbocycles. The van der Waals surface area contributed by atoms with E-state index >= 15 is 0 Å². The molecule has 0 heterocycles. The maximum Gasteiger partial charge on any atom is 0.124 e. The van der Waals surface area contributed by atoms with E-state index in [0.29, 0.717) is 10.9 Å². The number of hydrogen-bond acceptors (Lipinski definition) is 1. The first-order chi connectivity index (χ1) is 9.10. The lowest BCUT2D eigenvalue weighted by atomic mass is 9.93. The van der Waals surface area contributed by atoms with Crippen LogP contribution in [-0.4, -0.2) is 11.7 Å². The topological polar surface area (TPSA) is 20.2 Å². The largest absolute Gasteiger partial charge is 0.396 e. The summed E-state index contributed by atoms with van der Waals surface area (Å²) in [4.78, 5) is 0. The van der Waals surface area contributed by atoms with Crippen molar-refractivity contribution in [1.82, 2.24) is 0 Å². The van der Waals surface area contributed by atoms with Crippen LogP contribution in [0.15, 0.2) is 51.4 Å². The Morgan fingerprint density at radius 2 is 1.84 bits per heavy atom. The maximum atomic E-state index is 13.4. The lowest BCUT2D eigenvalue weighted by molar-refractivity contribution is 0.264. The highest BCUT2D eigenvalue weighted by Gasteiger charge is 2.14. The molecule has 0 radical (unpaired) electrons. The van der Waals surface area contributed by atoms with Crippen molar-refractivity contribution >= 4 is 31.9 Å². The first-order valence-electron chi connectivity index (χ1n) is 5.90. The Kier molecular flexibility index (Phi) is 5.13. The van der Waals surface area contributed by atoms with E-state index in [9.17, 15) is 9.50 Å². The van der Waals surface area contributed by atoms with Gasteiger partial charge < -0.3 is 5.11 Å². The average Bonchev–Trinajstić information content (AvgIpc) is 2.36. The lowest BCUT2D eigenvalue weighted by Crippen LogP contribution is -2.08. The third-order valence-corrected chi connectivity index (χ3v) is 4.15. The Labute approximate surface area is 128 Å². The molecule has 0 aliphatic heterocycles. The second kappa shape index (κ2) is 6.64. The number of aliphatic hydroxyl groups excluding tert-OH is 1. The van der Waals surface area contributed by atoms with Gasteiger partial charge in [-0.1, -0.05) is 50.1 Å². The van der Waals surface area contributed by atoms with Gasteiger partial charge in [0, 0.05) is 14.9 Å². The second-order valence-corrected chi connectivity index (χ2v) is 6.15. The van der Waals surface area contributed by atoms with Crippen LogP contribution in [0, 0.1) is 5.82 Å². The SMILES string of the molecule is OCC(Cc1cc(F)cc(Br)c1)c1ccccc1Br. The Bertz CT molecular complexity index is 552. The number of benzene rings is 2. The average molecular weight is 388 g/mol. The van der Waals surface area contributed by atoms with Gasteiger partial charge in [0.2, 0.25) is 0 Å². The minimum atomic E-state index is -0.270. The zero-order chi connectivity index (χ0) is 13.8. The first kappa shape index (κ1) is 14.7. The van der Waals surface area contributed by atoms with Crippen molar-refractivity contribution in [2.75, 3.05) is 6.61 Å². The van der Waals surface area contributed by atoms with Crippen molar-refractivity contribution in [3.63, 3.8) is 0 Å². The predicted molar refractivity (Wildman–Crippen MR) is 81.8 cm³/mol. The summed E-state index contributed by atoms with van der Waals surface area (Å²) in [7, 11) is 0. The van der Waals surface area contributed by atoms with Crippen LogP contribution < -0.4 is 0 Å². The quantitative estimate of drug-likeness (QED) is 0.808. The molecule has 4 heteroatoms. The fraction of sp³-hybridized carbons (Fsp3) is 0.200. The predicted octanol–water partition coefficient (Wildman–Crippen LogP) is 4.67. The summed E-state index contributed by atoms with van der Waals surface area (Å²) >= 11 is 6.77. The zero-order valence-electron chi connectivity index (χ0n) is 10.1. The van der Waals surface area contributed by atoms with Crippen molar-refractivity contribution in [3.05, 3.63) is 68.4 Å². The second-order valence-electron chi connectivity index (χ2n) is 4.38. The molecule has 19 heavy (non-hydrogen) atoms. The smallest absolute Gasteiger partial charge is 0.124 e. The highest BCUT2D eigenvalue weighted by Crippen LogP contribution is 2.28. The highest BCUT2D eigenvalue weighted by molar-refractivity contribution is 9.10. The zero-order valence-corrected chi connectivity index (χ0v) is 13.3. The molecule has 1 nitrogen and oxygen atoms in total. The van der Waals surface area contributed by atoms with E-state index < -0.39 is 0 Å². The molecule has 1 unspecified atom stereocenters. The summed E-state index contributed by atoms with van der Waals surface area (Å²) in [6.45, 7) is 0.0245. The number of hydrogen-bond donors (Lipinski definition) is 1. The molecular weight excluding hydrogens is 375 g/mol. The third-order valence-electron chi connectivity index (χ3n) is 2.97. The van der Waals surface area contributed by atoms with Crippen LogP contribution in [0.1, 0.15) is 17.0 Å². The third kappa shape index (κ3) is 3.88. The molecule has 1 atom stereocenters. The fourth-order valence-electron chi connectivity index (χ4n) is 2.09. The van der Waals surface area contributed by atoms with Crippen LogP contribution in [0.2, 0.25) is 0 Å². The van der Waals surface area contributed by atoms with Crippen LogP contribution in [0.5, 0.6) is 0 Å². The van der Waals surface area contributed by atoms with Crippen LogP contribution in [0.4, 0.5) is 4.39 Å². The Balaban J connectivity index is 2.26. The summed E-state index contributed by atoms with van der Waals surface area (Å²) in [6.07, 6.45) is 0.593. The molecule has 0 aliphatic rings. The van der Waals surface area contributed by atoms with Gasteiger partial charge in [0.05, 0.1) is 6.61 Å². The van der Waals surface area contributed by atoms with E-state index in [2.05, 4.69) is 31.9 Å². The van der Waals surface area contributed by atoms with Crippen molar-refractivity contribution in [2.24, 2.45) is 0 Å². The molecule has 0 spiro atoms. The maximum absolute atomic E-state index is 13.4. The monoisotopic (exact) mass is 386 g/mol. The minimum absolute atomic E-state index is 0.0245. The van der Waals surface area contributed by atoms with Gasteiger partial charge in [-0.2, -0.15) is 0 Å². The van der Waals surface area contributed by atoms with Crippen LogP contribution in [-0.2, 0) is 6.42 Å². The molecule has 1 N–H and O–H groups in total. The van der Waals surface area contributed by atoms with Crippen LogP contribution in [0.25, 0.3) is 0 Å². The standard InChI is InChI=1S/C15H13Br2FO/c16-12-6-10(7-13(18)8-12)5-11(9-19)14-3-1-2-4-15(14)17/h1-4,6-8,11,19H,5,9H2. The molecule has 0 saturated carbocycles. The summed E-state index contributed by atoms with van der Waals surface area (Å²) < 4.78 is 15.0. The summed E-state index contributed by atoms with van der Waals surface area (Å²) in [5, 5.41) is 9.58. The van der Waals surface area contributed by atoms with Crippen molar-refractivity contribution in [3.8, 4) is 0 Å². The van der Waals surface area contributed by atoms with Gasteiger partial charge in [0.1, 0.15) is 5.82 Å². The Hall–Kier alpha value is -0.710. The van der Waals surface area contributed by atoms with Gasteiger partial charge in [-0.25, -0.2) is 4.39 Å². The van der Waals surface area contributed by atoms with E-state index in [0.717, 1.165) is 15.6 Å². The van der Waals surface area contributed by atoms with Crippen LogP contribution in [0.3, 0.4) is 0 Å². The minimum Gasteiger partial charge on any atom is -0.396 e. The molecule has 2 rings (SSSR count). The Morgan fingerprint density at radius 1 is 1.11 bits per heavy atom. The molecule has 0 fully saturated rings. The van der Waals surface area contributed by atoms with Gasteiger partial charge in [-0.3, -0.25) is 0 Å². The van der Waals surface area contributed by atoms with E-state index in [1.165, 1.54) is 12.1 Å². The van der Waals surface area contributed by atoms with Gasteiger partial charge in [-0.05, 0) is 41.8 Å². The number of halogens is 3. The van der Waals surface area contributed by atoms with Gasteiger partial charge in [-0.15, -0.1) is 0 Å². The molecular formula is C15H13Br2FO. The van der Waals surface area contributed by atoms with E-state index in [1.807, 2.05) is 30.3 Å². The Morgan fingerprint density at radius 3 is 2.47 bits per heavy atom. The van der Waals surface area contributed by atoms with Gasteiger partial charge in [0.25, 0.3) is 0 Å². The van der Waals surface area contributed by atoms with Crippen molar-refractivity contribution in [2.45, 2.75) is 12.3 Å². The van der Waals surface area contributed by atoms with E-state index in [-0.39, 0.29) is 18.3 Å². The number of rotatable bonds is 4. The summed E-state index contributed by atoms with van der Waals surface area (Å²) in [5.41, 5.74) is 1.90. The molecule has 0 aromatic heterocycles. The van der Waals surface area contributed by atoms with Crippen molar-refractivity contribution < 1.29 is 9.50 Å². The summed E-state index contributed by atoms with van der Waals surface area (Å²) in [6, 6.07) is 12.6. The molecule has 2 aromatic carbocycles. The first-order valence-corrected chi connectivity index (χ1v) is 7.49. The molecule has 0 amide bonds. The van der Waals surface area contributed by atoms with Gasteiger partial charge in [0.15, 0.2) is 0 Å². The molecule has 0 saturated heterocycles. The van der Waals surface area contributed by atoms with E-state index in [4.69, 9.17) is 0 Å². The van der Waals surface area contributed by atoms with Crippen LogP contribution >= 0.6 is 31.9 Å². The fourth-order valence-corrected chi connectivity index (χ4v) is 3.21. The molecule has 2 aromatic rings. The molecule has 100 valence electrons. The normalized spacial score (nSPS) is 12.4. The number of aliphatic hydroxyl groups is 1. The molecule has 0 bridgehead atoms. The highest BCUT2D eigenvalue weighted by atomic mass is 79.9. The lowest BCUT2D eigenvalue weighted by Gasteiger charge is -2.16.